The zero-order valence-electron chi connectivity index (χ0n) is 12.6. The highest BCUT2D eigenvalue weighted by molar-refractivity contribution is 14.1. The number of anilines is 1. The maximum absolute atomic E-state index is 12.0. The summed E-state index contributed by atoms with van der Waals surface area (Å²) in [6.45, 7) is 7.32. The van der Waals surface area contributed by atoms with E-state index in [0.717, 1.165) is 22.1 Å². The van der Waals surface area contributed by atoms with Gasteiger partial charge in [0.25, 0.3) is 0 Å². The zero-order valence-corrected chi connectivity index (χ0v) is 14.7. The van der Waals surface area contributed by atoms with E-state index in [-0.39, 0.29) is 11.3 Å². The summed E-state index contributed by atoms with van der Waals surface area (Å²) in [7, 11) is 0. The summed E-state index contributed by atoms with van der Waals surface area (Å²) in [4.78, 5) is 12.0. The number of halogens is 1. The van der Waals surface area contributed by atoms with Crippen LogP contribution in [-0.4, -0.2) is 12.5 Å². The fraction of sp³-hybridized carbons (Fsp3) is 0.562. The molecular weight excluding hydrogens is 363 g/mol. The summed E-state index contributed by atoms with van der Waals surface area (Å²) in [6.07, 6.45) is 2.41. The predicted octanol–water partition coefficient (Wildman–Crippen LogP) is 4.02. The summed E-state index contributed by atoms with van der Waals surface area (Å²) in [5.41, 5.74) is 6.73. The number of benzene rings is 1. The van der Waals surface area contributed by atoms with E-state index in [1.54, 1.807) is 0 Å². The molecule has 0 aliphatic rings. The SMILES string of the molecule is CC(C)(C)C(CCN)CCC(=O)Nc1ccc(I)cc1. The Bertz CT molecular complexity index is 423. The quantitative estimate of drug-likeness (QED) is 0.724. The van der Waals surface area contributed by atoms with Crippen molar-refractivity contribution >= 4 is 34.2 Å². The van der Waals surface area contributed by atoms with Gasteiger partial charge in [-0.25, -0.2) is 0 Å². The van der Waals surface area contributed by atoms with Crippen molar-refractivity contribution in [3.8, 4) is 0 Å². The molecule has 0 radical (unpaired) electrons. The molecule has 112 valence electrons. The molecule has 1 aromatic rings. The molecule has 1 amide bonds. The van der Waals surface area contributed by atoms with Crippen LogP contribution < -0.4 is 11.1 Å². The summed E-state index contributed by atoms with van der Waals surface area (Å²) < 4.78 is 1.16. The summed E-state index contributed by atoms with van der Waals surface area (Å²) >= 11 is 2.25. The number of hydrogen-bond acceptors (Lipinski definition) is 2. The van der Waals surface area contributed by atoms with Gasteiger partial charge in [0, 0.05) is 15.7 Å². The molecule has 1 rings (SSSR count). The van der Waals surface area contributed by atoms with E-state index in [9.17, 15) is 4.79 Å². The Hall–Kier alpha value is -0.620. The Kier molecular flexibility index (Phi) is 6.95. The molecule has 3 N–H and O–H groups in total. The minimum Gasteiger partial charge on any atom is -0.330 e. The molecule has 4 heteroatoms. The first-order valence-electron chi connectivity index (χ1n) is 7.08. The zero-order chi connectivity index (χ0) is 15.2. The van der Waals surface area contributed by atoms with E-state index >= 15 is 0 Å². The van der Waals surface area contributed by atoms with Crippen LogP contribution in [0.5, 0.6) is 0 Å². The van der Waals surface area contributed by atoms with E-state index < -0.39 is 0 Å². The molecule has 0 bridgehead atoms. The van der Waals surface area contributed by atoms with Gasteiger partial charge < -0.3 is 11.1 Å². The number of nitrogens with two attached hydrogens (primary N) is 1. The Morgan fingerprint density at radius 1 is 1.25 bits per heavy atom. The second kappa shape index (κ2) is 7.98. The van der Waals surface area contributed by atoms with Crippen molar-refractivity contribution in [3.05, 3.63) is 27.8 Å². The smallest absolute Gasteiger partial charge is 0.224 e. The number of rotatable bonds is 6. The van der Waals surface area contributed by atoms with Gasteiger partial charge in [-0.05, 0) is 77.6 Å². The van der Waals surface area contributed by atoms with E-state index in [4.69, 9.17) is 5.73 Å². The largest absolute Gasteiger partial charge is 0.330 e. The van der Waals surface area contributed by atoms with Gasteiger partial charge in [0.15, 0.2) is 0 Å². The van der Waals surface area contributed by atoms with Crippen molar-refractivity contribution in [2.75, 3.05) is 11.9 Å². The molecule has 0 fully saturated rings. The van der Waals surface area contributed by atoms with E-state index in [1.165, 1.54) is 0 Å². The Labute approximate surface area is 135 Å². The molecule has 0 aliphatic heterocycles. The lowest BCUT2D eigenvalue weighted by atomic mass is 9.76. The lowest BCUT2D eigenvalue weighted by Crippen LogP contribution is -2.25. The van der Waals surface area contributed by atoms with Crippen LogP contribution in [-0.2, 0) is 4.79 Å². The molecule has 1 atom stereocenters. The highest BCUT2D eigenvalue weighted by Crippen LogP contribution is 2.32. The second-order valence-corrected chi connectivity index (χ2v) is 7.48. The molecular formula is C16H25IN2O. The minimum atomic E-state index is 0.0810. The standard InChI is InChI=1S/C16H25IN2O/c1-16(2,3)12(10-11-18)4-9-15(20)19-14-7-5-13(17)6-8-14/h5-8,12H,4,9-11,18H2,1-3H3,(H,19,20). The van der Waals surface area contributed by atoms with Gasteiger partial charge in [-0.1, -0.05) is 20.8 Å². The third-order valence-electron chi connectivity index (χ3n) is 3.59. The first-order chi connectivity index (χ1) is 9.32. The van der Waals surface area contributed by atoms with Crippen LogP contribution in [0.2, 0.25) is 0 Å². The molecule has 1 unspecified atom stereocenters. The molecule has 0 heterocycles. The number of hydrogen-bond donors (Lipinski definition) is 2. The Morgan fingerprint density at radius 2 is 1.85 bits per heavy atom. The lowest BCUT2D eigenvalue weighted by Gasteiger charge is -2.30. The van der Waals surface area contributed by atoms with Crippen LogP contribution in [0.25, 0.3) is 0 Å². The van der Waals surface area contributed by atoms with Crippen molar-refractivity contribution in [1.82, 2.24) is 0 Å². The topological polar surface area (TPSA) is 55.1 Å². The van der Waals surface area contributed by atoms with Crippen molar-refractivity contribution in [2.24, 2.45) is 17.1 Å². The van der Waals surface area contributed by atoms with Gasteiger partial charge in [-0.2, -0.15) is 0 Å². The van der Waals surface area contributed by atoms with E-state index in [2.05, 4.69) is 48.7 Å². The average molecular weight is 388 g/mol. The molecule has 3 nitrogen and oxygen atoms in total. The normalized spacial score (nSPS) is 13.1. The van der Waals surface area contributed by atoms with Crippen molar-refractivity contribution in [3.63, 3.8) is 0 Å². The van der Waals surface area contributed by atoms with Gasteiger partial charge in [0.1, 0.15) is 0 Å². The fourth-order valence-corrected chi connectivity index (χ4v) is 2.63. The van der Waals surface area contributed by atoms with Gasteiger partial charge in [0.05, 0.1) is 0 Å². The van der Waals surface area contributed by atoms with Gasteiger partial charge in [-0.3, -0.25) is 4.79 Å². The third-order valence-corrected chi connectivity index (χ3v) is 4.31. The monoisotopic (exact) mass is 388 g/mol. The minimum absolute atomic E-state index is 0.0810. The molecule has 0 aliphatic carbocycles. The molecule has 0 saturated heterocycles. The lowest BCUT2D eigenvalue weighted by molar-refractivity contribution is -0.116. The van der Waals surface area contributed by atoms with Crippen LogP contribution in [0.1, 0.15) is 40.0 Å². The highest BCUT2D eigenvalue weighted by atomic mass is 127. The average Bonchev–Trinajstić information content (AvgIpc) is 2.36. The van der Waals surface area contributed by atoms with Crippen LogP contribution in [0.3, 0.4) is 0 Å². The molecule has 0 spiro atoms. The fourth-order valence-electron chi connectivity index (χ4n) is 2.27. The van der Waals surface area contributed by atoms with Crippen LogP contribution in [0.15, 0.2) is 24.3 Å². The number of nitrogens with one attached hydrogen (secondary N) is 1. The van der Waals surface area contributed by atoms with E-state index in [1.807, 2.05) is 24.3 Å². The maximum atomic E-state index is 12.0. The third kappa shape index (κ3) is 6.22. The number of carbonyl (C=O) groups excluding carboxylic acids is 1. The van der Waals surface area contributed by atoms with Crippen molar-refractivity contribution < 1.29 is 4.79 Å². The Balaban J connectivity index is 2.47. The van der Waals surface area contributed by atoms with Crippen LogP contribution >= 0.6 is 22.6 Å². The van der Waals surface area contributed by atoms with E-state index in [0.29, 0.717) is 18.9 Å². The number of carbonyl (C=O) groups is 1. The van der Waals surface area contributed by atoms with Gasteiger partial charge in [-0.15, -0.1) is 0 Å². The van der Waals surface area contributed by atoms with Gasteiger partial charge in [0.2, 0.25) is 5.91 Å². The van der Waals surface area contributed by atoms with Crippen molar-refractivity contribution in [1.29, 1.82) is 0 Å². The molecule has 0 saturated carbocycles. The van der Waals surface area contributed by atoms with Crippen molar-refractivity contribution in [2.45, 2.75) is 40.0 Å². The predicted molar refractivity (Wildman–Crippen MR) is 93.6 cm³/mol. The first-order valence-corrected chi connectivity index (χ1v) is 8.16. The number of amides is 1. The second-order valence-electron chi connectivity index (χ2n) is 6.23. The molecule has 20 heavy (non-hydrogen) atoms. The molecule has 1 aromatic carbocycles. The maximum Gasteiger partial charge on any atom is 0.224 e. The summed E-state index contributed by atoms with van der Waals surface area (Å²) in [5.74, 6) is 0.562. The summed E-state index contributed by atoms with van der Waals surface area (Å²) in [6, 6.07) is 7.84. The van der Waals surface area contributed by atoms with Crippen LogP contribution in [0, 0.1) is 14.9 Å². The first kappa shape index (κ1) is 17.4. The molecule has 0 aromatic heterocycles. The Morgan fingerprint density at radius 3 is 2.35 bits per heavy atom. The van der Waals surface area contributed by atoms with Crippen LogP contribution in [0.4, 0.5) is 5.69 Å². The van der Waals surface area contributed by atoms with Gasteiger partial charge >= 0.3 is 0 Å². The highest BCUT2D eigenvalue weighted by Gasteiger charge is 2.24. The summed E-state index contributed by atoms with van der Waals surface area (Å²) in [5, 5.41) is 2.94.